The van der Waals surface area contributed by atoms with Gasteiger partial charge in [-0.2, -0.15) is 0 Å². The Hall–Kier alpha value is -2.67. The maximum Gasteiger partial charge on any atom is 0.255 e. The van der Waals surface area contributed by atoms with Gasteiger partial charge in [-0.05, 0) is 31.2 Å². The summed E-state index contributed by atoms with van der Waals surface area (Å²) in [6.45, 7) is 1.56. The summed E-state index contributed by atoms with van der Waals surface area (Å²) >= 11 is 5.83. The molecule has 5 nitrogen and oxygen atoms in total. The number of carbonyl (C=O) groups is 2. The van der Waals surface area contributed by atoms with Crippen molar-refractivity contribution in [1.82, 2.24) is 4.90 Å². The number of carbonyl (C=O) groups excluding carboxylic acids is 2. The molecule has 0 saturated heterocycles. The quantitative estimate of drug-likeness (QED) is 0.774. The number of anilines is 1. The van der Waals surface area contributed by atoms with Crippen LogP contribution in [0.25, 0.3) is 0 Å². The Labute approximate surface area is 154 Å². The SMILES string of the molecule is CCN(CC(=O)Nc1cccc(OC)c1)C(=O)c1cc(F)c(F)cc1Cl. The molecular formula is C18H17ClF2N2O3. The average Bonchev–Trinajstić information content (AvgIpc) is 2.62. The number of methoxy groups -OCH3 is 1. The van der Waals surface area contributed by atoms with Crippen molar-refractivity contribution in [3.8, 4) is 5.75 Å². The van der Waals surface area contributed by atoms with E-state index in [1.807, 2.05) is 0 Å². The van der Waals surface area contributed by atoms with Gasteiger partial charge >= 0.3 is 0 Å². The molecule has 0 bridgehead atoms. The lowest BCUT2D eigenvalue weighted by Gasteiger charge is -2.21. The molecule has 0 aliphatic carbocycles. The molecule has 0 aliphatic rings. The summed E-state index contributed by atoms with van der Waals surface area (Å²) in [5, 5.41) is 2.42. The summed E-state index contributed by atoms with van der Waals surface area (Å²) in [6, 6.07) is 8.19. The van der Waals surface area contributed by atoms with Gasteiger partial charge in [0.15, 0.2) is 11.6 Å². The number of hydrogen-bond acceptors (Lipinski definition) is 3. The van der Waals surface area contributed by atoms with Crippen LogP contribution in [0.2, 0.25) is 5.02 Å². The molecule has 8 heteroatoms. The van der Waals surface area contributed by atoms with E-state index in [1.165, 1.54) is 12.0 Å². The van der Waals surface area contributed by atoms with E-state index in [1.54, 1.807) is 31.2 Å². The number of hydrogen-bond donors (Lipinski definition) is 1. The Bertz CT molecular complexity index is 830. The van der Waals surface area contributed by atoms with E-state index < -0.39 is 23.4 Å². The highest BCUT2D eigenvalue weighted by Crippen LogP contribution is 2.22. The van der Waals surface area contributed by atoms with Crippen molar-refractivity contribution in [3.63, 3.8) is 0 Å². The zero-order valence-corrected chi connectivity index (χ0v) is 14.9. The number of amides is 2. The third kappa shape index (κ3) is 4.70. The van der Waals surface area contributed by atoms with Crippen molar-refractivity contribution < 1.29 is 23.1 Å². The highest BCUT2D eigenvalue weighted by atomic mass is 35.5. The van der Waals surface area contributed by atoms with E-state index in [9.17, 15) is 18.4 Å². The van der Waals surface area contributed by atoms with Crippen LogP contribution in [0, 0.1) is 11.6 Å². The number of rotatable bonds is 6. The van der Waals surface area contributed by atoms with Gasteiger partial charge in [-0.25, -0.2) is 8.78 Å². The highest BCUT2D eigenvalue weighted by molar-refractivity contribution is 6.33. The first-order valence-electron chi connectivity index (χ1n) is 7.73. The van der Waals surface area contributed by atoms with Gasteiger partial charge in [0.05, 0.1) is 17.7 Å². The van der Waals surface area contributed by atoms with Crippen LogP contribution >= 0.6 is 11.6 Å². The third-order valence-corrected chi connectivity index (χ3v) is 3.91. The van der Waals surface area contributed by atoms with Gasteiger partial charge in [-0.1, -0.05) is 17.7 Å². The fraction of sp³-hybridized carbons (Fsp3) is 0.222. The van der Waals surface area contributed by atoms with Gasteiger partial charge in [0.1, 0.15) is 12.3 Å². The molecule has 138 valence electrons. The molecule has 0 aromatic heterocycles. The van der Waals surface area contributed by atoms with Gasteiger partial charge in [0.25, 0.3) is 5.91 Å². The fourth-order valence-corrected chi connectivity index (χ4v) is 2.49. The molecule has 26 heavy (non-hydrogen) atoms. The average molecular weight is 383 g/mol. The predicted octanol–water partition coefficient (Wildman–Crippen LogP) is 3.73. The van der Waals surface area contributed by atoms with Gasteiger partial charge < -0.3 is 15.0 Å². The van der Waals surface area contributed by atoms with Crippen molar-refractivity contribution in [2.75, 3.05) is 25.5 Å². The monoisotopic (exact) mass is 382 g/mol. The molecule has 2 rings (SSSR count). The summed E-state index contributed by atoms with van der Waals surface area (Å²) in [4.78, 5) is 25.9. The van der Waals surface area contributed by atoms with Gasteiger partial charge in [-0.15, -0.1) is 0 Å². The molecule has 0 spiro atoms. The largest absolute Gasteiger partial charge is 0.497 e. The number of nitrogens with zero attached hydrogens (tertiary/aromatic N) is 1. The highest BCUT2D eigenvalue weighted by Gasteiger charge is 2.22. The van der Waals surface area contributed by atoms with Crippen LogP contribution < -0.4 is 10.1 Å². The first-order valence-corrected chi connectivity index (χ1v) is 8.11. The summed E-state index contributed by atoms with van der Waals surface area (Å²) in [5.74, 6) is -2.89. The zero-order chi connectivity index (χ0) is 19.3. The van der Waals surface area contributed by atoms with Crippen LogP contribution in [0.1, 0.15) is 17.3 Å². The van der Waals surface area contributed by atoms with Gasteiger partial charge in [0.2, 0.25) is 5.91 Å². The standard InChI is InChI=1S/C18H17ClF2N2O3/c1-3-23(18(25)13-8-15(20)16(21)9-14(13)19)10-17(24)22-11-5-4-6-12(7-11)26-2/h4-9H,3,10H2,1-2H3,(H,22,24). The first-order chi connectivity index (χ1) is 12.3. The Kier molecular flexibility index (Phi) is 6.52. The molecule has 0 unspecified atom stereocenters. The van der Waals surface area contributed by atoms with Gasteiger partial charge in [0, 0.05) is 18.3 Å². The second-order valence-corrected chi connectivity index (χ2v) is 5.75. The number of halogens is 3. The van der Waals surface area contributed by atoms with Crippen molar-refractivity contribution in [3.05, 3.63) is 58.6 Å². The molecule has 0 aliphatic heterocycles. The van der Waals surface area contributed by atoms with E-state index in [0.717, 1.165) is 12.1 Å². The van der Waals surface area contributed by atoms with Crippen LogP contribution in [0.15, 0.2) is 36.4 Å². The second-order valence-electron chi connectivity index (χ2n) is 5.35. The minimum Gasteiger partial charge on any atom is -0.497 e. The van der Waals surface area contributed by atoms with Crippen LogP contribution in [0.5, 0.6) is 5.75 Å². The van der Waals surface area contributed by atoms with Crippen molar-refractivity contribution in [2.45, 2.75) is 6.92 Å². The Balaban J connectivity index is 2.11. The molecule has 1 N–H and O–H groups in total. The predicted molar refractivity (Wildman–Crippen MR) is 94.6 cm³/mol. The molecule has 2 aromatic carbocycles. The number of nitrogens with one attached hydrogen (secondary N) is 1. The van der Waals surface area contributed by atoms with E-state index in [0.29, 0.717) is 11.4 Å². The molecule has 0 atom stereocenters. The molecular weight excluding hydrogens is 366 g/mol. The second kappa shape index (κ2) is 8.62. The number of ether oxygens (including phenoxy) is 1. The smallest absolute Gasteiger partial charge is 0.255 e. The summed E-state index contributed by atoms with van der Waals surface area (Å²) in [6.07, 6.45) is 0. The topological polar surface area (TPSA) is 58.6 Å². The van der Waals surface area contributed by atoms with Crippen LogP contribution in [-0.4, -0.2) is 36.9 Å². The number of benzene rings is 2. The van der Waals surface area contributed by atoms with Crippen molar-refractivity contribution >= 4 is 29.1 Å². The van der Waals surface area contributed by atoms with Gasteiger partial charge in [-0.3, -0.25) is 9.59 Å². The summed E-state index contributed by atoms with van der Waals surface area (Å²) < 4.78 is 31.6. The van der Waals surface area contributed by atoms with E-state index in [4.69, 9.17) is 16.3 Å². The summed E-state index contributed by atoms with van der Waals surface area (Å²) in [7, 11) is 1.50. The minimum absolute atomic E-state index is 0.180. The molecule has 0 radical (unpaired) electrons. The Morgan fingerprint density at radius 3 is 2.54 bits per heavy atom. The fourth-order valence-electron chi connectivity index (χ4n) is 2.26. The summed E-state index contributed by atoms with van der Waals surface area (Å²) in [5.41, 5.74) is 0.297. The normalized spacial score (nSPS) is 10.3. The third-order valence-electron chi connectivity index (χ3n) is 3.60. The van der Waals surface area contributed by atoms with E-state index in [-0.39, 0.29) is 23.7 Å². The molecule has 2 amide bonds. The maximum absolute atomic E-state index is 13.4. The minimum atomic E-state index is -1.19. The lowest BCUT2D eigenvalue weighted by atomic mass is 10.2. The van der Waals surface area contributed by atoms with Crippen molar-refractivity contribution in [1.29, 1.82) is 0 Å². The lowest BCUT2D eigenvalue weighted by molar-refractivity contribution is -0.116. The van der Waals surface area contributed by atoms with Crippen LogP contribution in [0.4, 0.5) is 14.5 Å². The van der Waals surface area contributed by atoms with E-state index in [2.05, 4.69) is 5.32 Å². The van der Waals surface area contributed by atoms with E-state index >= 15 is 0 Å². The molecule has 0 saturated carbocycles. The Morgan fingerprint density at radius 1 is 1.19 bits per heavy atom. The first kappa shape index (κ1) is 19.7. The van der Waals surface area contributed by atoms with Crippen LogP contribution in [-0.2, 0) is 4.79 Å². The maximum atomic E-state index is 13.4. The number of likely N-dealkylation sites (N-methyl/N-ethyl adjacent to an activating group) is 1. The molecule has 0 heterocycles. The molecule has 0 fully saturated rings. The zero-order valence-electron chi connectivity index (χ0n) is 14.2. The van der Waals surface area contributed by atoms with Crippen molar-refractivity contribution in [2.24, 2.45) is 0 Å². The van der Waals surface area contributed by atoms with Crippen LogP contribution in [0.3, 0.4) is 0 Å². The lowest BCUT2D eigenvalue weighted by Crippen LogP contribution is -2.38. The molecule has 2 aromatic rings. The Morgan fingerprint density at radius 2 is 1.88 bits per heavy atom.